The Hall–Kier alpha value is -2.89. The fraction of sp³-hybridized carbons (Fsp3) is 0.500. The van der Waals surface area contributed by atoms with Gasteiger partial charge in [0, 0.05) is 45.8 Å². The molecule has 1 saturated heterocycles. The van der Waals surface area contributed by atoms with Gasteiger partial charge in [-0.2, -0.15) is 0 Å². The molecule has 6 nitrogen and oxygen atoms in total. The van der Waals surface area contributed by atoms with Crippen LogP contribution in [-0.4, -0.2) is 45.8 Å². The summed E-state index contributed by atoms with van der Waals surface area (Å²) in [7, 11) is 0. The summed E-state index contributed by atoms with van der Waals surface area (Å²) < 4.78 is 1.70. The molecular weight excluding hydrogens is 402 g/mol. The molecule has 2 bridgehead atoms. The van der Waals surface area contributed by atoms with Crippen molar-refractivity contribution in [3.8, 4) is 0 Å². The van der Waals surface area contributed by atoms with Gasteiger partial charge in [-0.15, -0.1) is 0 Å². The number of amides is 2. The molecule has 0 N–H and O–H groups in total. The predicted octanol–water partition coefficient (Wildman–Crippen LogP) is 2.87. The van der Waals surface area contributed by atoms with E-state index in [4.69, 9.17) is 0 Å². The Morgan fingerprint density at radius 2 is 1.75 bits per heavy atom. The Labute approximate surface area is 188 Å². The predicted molar refractivity (Wildman–Crippen MR) is 122 cm³/mol. The quantitative estimate of drug-likeness (QED) is 0.745. The molecule has 2 amide bonds. The van der Waals surface area contributed by atoms with Gasteiger partial charge in [-0.3, -0.25) is 14.4 Å². The van der Waals surface area contributed by atoms with Crippen LogP contribution in [-0.2, 0) is 30.7 Å². The number of fused-ring (bicyclic) bond motifs is 3. The zero-order valence-electron chi connectivity index (χ0n) is 18.8. The van der Waals surface area contributed by atoms with Crippen molar-refractivity contribution in [3.05, 3.63) is 69.1 Å². The summed E-state index contributed by atoms with van der Waals surface area (Å²) in [5, 5.41) is 0. The smallest absolute Gasteiger partial charge is 0.263 e. The standard InChI is InChI=1S/C26H31N3O3/c1-18(30)27-12-10-23-22(16-27)17-28(11-9-19-5-3-2-4-6-19)25(31)24(23)26(32)29-14-20-7-8-21(13-20)15-29/h2-6,17,20-21H,7-16H2,1H3/t20-,21+. The number of pyridine rings is 1. The Bertz CT molecular complexity index is 1080. The van der Waals surface area contributed by atoms with E-state index in [1.54, 1.807) is 16.4 Å². The number of likely N-dealkylation sites (tertiary alicyclic amines) is 1. The minimum atomic E-state index is -0.182. The first kappa shape index (κ1) is 21.0. The van der Waals surface area contributed by atoms with Gasteiger partial charge in [0.15, 0.2) is 0 Å². The molecule has 1 aliphatic carbocycles. The van der Waals surface area contributed by atoms with E-state index in [2.05, 4.69) is 12.1 Å². The molecule has 1 aromatic carbocycles. The van der Waals surface area contributed by atoms with Crippen molar-refractivity contribution in [2.24, 2.45) is 11.8 Å². The van der Waals surface area contributed by atoms with Gasteiger partial charge < -0.3 is 14.4 Å². The lowest BCUT2D eigenvalue weighted by atomic mass is 9.93. The van der Waals surface area contributed by atoms with Gasteiger partial charge in [0.05, 0.1) is 0 Å². The van der Waals surface area contributed by atoms with Crippen molar-refractivity contribution in [2.75, 3.05) is 19.6 Å². The summed E-state index contributed by atoms with van der Waals surface area (Å²) in [6.07, 6.45) is 6.76. The largest absolute Gasteiger partial charge is 0.338 e. The minimum absolute atomic E-state index is 0.0261. The SMILES string of the molecule is CC(=O)N1CCc2c(cn(CCc3ccccc3)c(=O)c2C(=O)N2C[C@@H]3CC[C@@H](C3)C2)C1. The number of piperidine rings is 1. The number of hydrogen-bond donors (Lipinski definition) is 0. The molecule has 0 spiro atoms. The van der Waals surface area contributed by atoms with Crippen molar-refractivity contribution >= 4 is 11.8 Å². The maximum atomic E-state index is 13.7. The summed E-state index contributed by atoms with van der Waals surface area (Å²) in [5.41, 5.74) is 3.11. The van der Waals surface area contributed by atoms with Crippen LogP contribution in [0.5, 0.6) is 0 Å². The number of aromatic nitrogens is 1. The number of rotatable bonds is 4. The molecule has 5 rings (SSSR count). The van der Waals surface area contributed by atoms with Gasteiger partial charge in [0.2, 0.25) is 5.91 Å². The van der Waals surface area contributed by atoms with E-state index in [-0.39, 0.29) is 17.4 Å². The van der Waals surface area contributed by atoms with Crippen LogP contribution in [0.3, 0.4) is 0 Å². The minimum Gasteiger partial charge on any atom is -0.338 e. The fourth-order valence-electron chi connectivity index (χ4n) is 5.79. The van der Waals surface area contributed by atoms with E-state index >= 15 is 0 Å². The summed E-state index contributed by atoms with van der Waals surface area (Å²) in [5.74, 6) is 1.07. The molecule has 0 radical (unpaired) electrons. The van der Waals surface area contributed by atoms with Crippen molar-refractivity contribution in [2.45, 2.75) is 52.1 Å². The third kappa shape index (κ3) is 3.98. The Balaban J connectivity index is 1.50. The molecule has 2 atom stereocenters. The maximum absolute atomic E-state index is 13.7. The van der Waals surface area contributed by atoms with Gasteiger partial charge in [-0.25, -0.2) is 0 Å². The lowest BCUT2D eigenvalue weighted by molar-refractivity contribution is -0.129. The average molecular weight is 434 g/mol. The van der Waals surface area contributed by atoms with Gasteiger partial charge >= 0.3 is 0 Å². The first-order valence-electron chi connectivity index (χ1n) is 11.8. The number of benzene rings is 1. The van der Waals surface area contributed by atoms with Crippen LogP contribution in [0, 0.1) is 11.8 Å². The zero-order chi connectivity index (χ0) is 22.2. The second-order valence-corrected chi connectivity index (χ2v) is 9.69. The third-order valence-electron chi connectivity index (χ3n) is 7.51. The number of carbonyl (C=O) groups is 2. The second-order valence-electron chi connectivity index (χ2n) is 9.69. The van der Waals surface area contributed by atoms with Crippen molar-refractivity contribution in [1.82, 2.24) is 14.4 Å². The van der Waals surface area contributed by atoms with E-state index in [0.717, 1.165) is 36.2 Å². The zero-order valence-corrected chi connectivity index (χ0v) is 18.8. The van der Waals surface area contributed by atoms with Crippen LogP contribution in [0.15, 0.2) is 41.3 Å². The summed E-state index contributed by atoms with van der Waals surface area (Å²) >= 11 is 0. The van der Waals surface area contributed by atoms with Crippen LogP contribution in [0.4, 0.5) is 0 Å². The van der Waals surface area contributed by atoms with Gasteiger partial charge in [0.1, 0.15) is 5.56 Å². The number of nitrogens with zero attached hydrogens (tertiary/aromatic N) is 3. The molecule has 3 heterocycles. The number of carbonyl (C=O) groups excluding carboxylic acids is 2. The second kappa shape index (κ2) is 8.57. The third-order valence-corrected chi connectivity index (χ3v) is 7.51. The summed E-state index contributed by atoms with van der Waals surface area (Å²) in [6.45, 7) is 4.64. The highest BCUT2D eigenvalue weighted by molar-refractivity contribution is 5.96. The van der Waals surface area contributed by atoms with Crippen molar-refractivity contribution < 1.29 is 9.59 Å². The molecule has 32 heavy (non-hydrogen) atoms. The lowest BCUT2D eigenvalue weighted by Gasteiger charge is -2.34. The lowest BCUT2D eigenvalue weighted by Crippen LogP contribution is -2.45. The van der Waals surface area contributed by atoms with Crippen LogP contribution in [0.25, 0.3) is 0 Å². The highest BCUT2D eigenvalue weighted by Crippen LogP contribution is 2.37. The Morgan fingerprint density at radius 3 is 2.44 bits per heavy atom. The van der Waals surface area contributed by atoms with Gasteiger partial charge in [0.25, 0.3) is 11.5 Å². The maximum Gasteiger partial charge on any atom is 0.263 e. The first-order valence-corrected chi connectivity index (χ1v) is 11.8. The molecule has 3 aliphatic rings. The molecule has 1 aromatic heterocycles. The normalized spacial score (nSPS) is 22.0. The van der Waals surface area contributed by atoms with Crippen LogP contribution < -0.4 is 5.56 Å². The summed E-state index contributed by atoms with van der Waals surface area (Å²) in [4.78, 5) is 43.0. The molecule has 2 aliphatic heterocycles. The van der Waals surface area contributed by atoms with Gasteiger partial charge in [-0.1, -0.05) is 30.3 Å². The molecule has 6 heteroatoms. The topological polar surface area (TPSA) is 62.6 Å². The van der Waals surface area contributed by atoms with E-state index in [9.17, 15) is 14.4 Å². The highest BCUT2D eigenvalue weighted by Gasteiger charge is 2.37. The molecule has 2 fully saturated rings. The van der Waals surface area contributed by atoms with Crippen LogP contribution >= 0.6 is 0 Å². The first-order chi connectivity index (χ1) is 15.5. The van der Waals surface area contributed by atoms with Crippen molar-refractivity contribution in [3.63, 3.8) is 0 Å². The Kier molecular flexibility index (Phi) is 5.62. The van der Waals surface area contributed by atoms with Crippen LogP contribution in [0.2, 0.25) is 0 Å². The van der Waals surface area contributed by atoms with Crippen LogP contribution in [0.1, 0.15) is 53.2 Å². The molecule has 0 unspecified atom stereocenters. The van der Waals surface area contributed by atoms with E-state index in [1.807, 2.05) is 29.3 Å². The monoisotopic (exact) mass is 433 g/mol. The Morgan fingerprint density at radius 1 is 1.03 bits per heavy atom. The number of aryl methyl sites for hydroxylation is 2. The van der Waals surface area contributed by atoms with E-state index in [0.29, 0.717) is 43.5 Å². The molecule has 168 valence electrons. The number of hydrogen-bond acceptors (Lipinski definition) is 3. The highest BCUT2D eigenvalue weighted by atomic mass is 16.2. The fourth-order valence-corrected chi connectivity index (χ4v) is 5.79. The molecule has 1 saturated carbocycles. The van der Waals surface area contributed by atoms with Crippen molar-refractivity contribution in [1.29, 1.82) is 0 Å². The summed E-state index contributed by atoms with van der Waals surface area (Å²) in [6, 6.07) is 10.1. The average Bonchev–Trinajstić information content (AvgIpc) is 3.15. The molecular formula is C26H31N3O3. The molecule has 2 aromatic rings. The van der Waals surface area contributed by atoms with Gasteiger partial charge in [-0.05, 0) is 60.6 Å². The van der Waals surface area contributed by atoms with E-state index in [1.165, 1.54) is 19.3 Å². The van der Waals surface area contributed by atoms with E-state index < -0.39 is 0 Å².